The van der Waals surface area contributed by atoms with Gasteiger partial charge in [0.15, 0.2) is 9.12 Å². The fourth-order valence-electron chi connectivity index (χ4n) is 0.865. The van der Waals surface area contributed by atoms with E-state index in [1.54, 1.807) is 0 Å². The first-order valence-corrected chi connectivity index (χ1v) is 6.22. The van der Waals surface area contributed by atoms with Crippen molar-refractivity contribution in [1.82, 2.24) is 9.13 Å². The molecule has 3 heteroatoms. The van der Waals surface area contributed by atoms with E-state index in [1.165, 1.54) is 13.1 Å². The van der Waals surface area contributed by atoms with Crippen molar-refractivity contribution in [3.63, 3.8) is 0 Å². The number of hydrogen-bond acceptors (Lipinski definition) is 2. The summed E-state index contributed by atoms with van der Waals surface area (Å²) in [6.45, 7) is 9.16. The molecular formula is C7H20N2Si. The van der Waals surface area contributed by atoms with Crippen LogP contribution in [0.2, 0.25) is 6.55 Å². The molecule has 0 N–H and O–H groups in total. The summed E-state index contributed by atoms with van der Waals surface area (Å²) in [6.07, 6.45) is 0. The van der Waals surface area contributed by atoms with Crippen molar-refractivity contribution >= 4 is 9.12 Å². The number of nitrogens with zero attached hydrogens (tertiary/aromatic N) is 2. The number of rotatable bonds is 4. The normalized spacial score (nSPS) is 12.0. The van der Waals surface area contributed by atoms with Crippen LogP contribution in [0.5, 0.6) is 0 Å². The van der Waals surface area contributed by atoms with E-state index in [1.807, 2.05) is 0 Å². The van der Waals surface area contributed by atoms with Gasteiger partial charge in [-0.15, -0.1) is 0 Å². The van der Waals surface area contributed by atoms with Crippen LogP contribution in [0.1, 0.15) is 13.8 Å². The minimum Gasteiger partial charge on any atom is -0.317 e. The molecule has 0 aromatic heterocycles. The van der Waals surface area contributed by atoms with E-state index >= 15 is 0 Å². The minimum atomic E-state index is -0.724. The van der Waals surface area contributed by atoms with Gasteiger partial charge in [0, 0.05) is 0 Å². The molecule has 0 aromatic rings. The molecule has 0 aliphatic carbocycles. The van der Waals surface area contributed by atoms with Gasteiger partial charge in [0.2, 0.25) is 0 Å². The molecule has 0 saturated carbocycles. The number of hydrogen-bond donors (Lipinski definition) is 0. The zero-order chi connectivity index (χ0) is 8.15. The molecular weight excluding hydrogens is 140 g/mol. The summed E-state index contributed by atoms with van der Waals surface area (Å²) in [6, 6.07) is 0. The van der Waals surface area contributed by atoms with E-state index < -0.39 is 9.12 Å². The minimum absolute atomic E-state index is 0.724. The Kier molecular flexibility index (Phi) is 4.94. The zero-order valence-electron chi connectivity index (χ0n) is 7.89. The van der Waals surface area contributed by atoms with E-state index in [-0.39, 0.29) is 0 Å². The lowest BCUT2D eigenvalue weighted by Gasteiger charge is -2.29. The van der Waals surface area contributed by atoms with Crippen LogP contribution in [-0.2, 0) is 0 Å². The summed E-state index contributed by atoms with van der Waals surface area (Å²) < 4.78 is 4.92. The van der Waals surface area contributed by atoms with Crippen LogP contribution in [-0.4, -0.2) is 45.4 Å². The first-order valence-electron chi connectivity index (χ1n) is 4.03. The van der Waals surface area contributed by atoms with E-state index in [0.717, 1.165) is 0 Å². The van der Waals surface area contributed by atoms with E-state index in [4.69, 9.17) is 0 Å². The first-order chi connectivity index (χ1) is 4.63. The molecule has 0 aliphatic rings. The highest BCUT2D eigenvalue weighted by Gasteiger charge is 2.12. The molecule has 2 nitrogen and oxygen atoms in total. The Morgan fingerprint density at radius 3 is 1.50 bits per heavy atom. The van der Waals surface area contributed by atoms with Crippen LogP contribution in [0, 0.1) is 0 Å². The predicted molar refractivity (Wildman–Crippen MR) is 49.6 cm³/mol. The first kappa shape index (κ1) is 10.1. The van der Waals surface area contributed by atoms with Gasteiger partial charge in [-0.3, -0.25) is 0 Å². The molecule has 0 fully saturated rings. The lowest BCUT2D eigenvalue weighted by Crippen LogP contribution is -2.46. The third-order valence-electron chi connectivity index (χ3n) is 2.27. The van der Waals surface area contributed by atoms with Gasteiger partial charge >= 0.3 is 0 Å². The molecule has 0 unspecified atom stereocenters. The maximum Gasteiger partial charge on any atom is 0.186 e. The Hall–Kier alpha value is 0.137. The Balaban J connectivity index is 3.69. The molecule has 0 saturated heterocycles. The van der Waals surface area contributed by atoms with Crippen LogP contribution in [0.4, 0.5) is 0 Å². The second-order valence-corrected chi connectivity index (χ2v) is 5.81. The van der Waals surface area contributed by atoms with Crippen LogP contribution in [0.15, 0.2) is 0 Å². The second-order valence-electron chi connectivity index (χ2n) is 2.78. The smallest absolute Gasteiger partial charge is 0.186 e. The fraction of sp³-hybridized carbons (Fsp3) is 1.00. The molecule has 0 atom stereocenters. The molecule has 0 rings (SSSR count). The van der Waals surface area contributed by atoms with Crippen molar-refractivity contribution in [3.8, 4) is 0 Å². The van der Waals surface area contributed by atoms with Crippen LogP contribution in [0.25, 0.3) is 0 Å². The van der Waals surface area contributed by atoms with Crippen molar-refractivity contribution in [2.24, 2.45) is 0 Å². The van der Waals surface area contributed by atoms with Crippen LogP contribution < -0.4 is 0 Å². The summed E-state index contributed by atoms with van der Waals surface area (Å²) in [4.78, 5) is 0. The van der Waals surface area contributed by atoms with Gasteiger partial charge in [0.25, 0.3) is 0 Å². The van der Waals surface area contributed by atoms with Crippen molar-refractivity contribution in [2.45, 2.75) is 20.4 Å². The molecule has 0 heterocycles. The highest BCUT2D eigenvalue weighted by atomic mass is 28.3. The Morgan fingerprint density at radius 2 is 1.30 bits per heavy atom. The van der Waals surface area contributed by atoms with Crippen LogP contribution >= 0.6 is 0 Å². The molecule has 0 aliphatic heterocycles. The highest BCUT2D eigenvalue weighted by Crippen LogP contribution is 1.94. The van der Waals surface area contributed by atoms with Gasteiger partial charge in [-0.05, 0) is 33.7 Å². The SMILES string of the molecule is CCN(C)[SiH](C)N(C)CC. The van der Waals surface area contributed by atoms with Gasteiger partial charge in [-0.25, -0.2) is 0 Å². The standard InChI is InChI=1S/C7H20N2Si/c1-6-8(3)10(5)9(4)7-2/h10H,6-7H2,1-5H3. The molecule has 10 heavy (non-hydrogen) atoms. The topological polar surface area (TPSA) is 6.48 Å². The predicted octanol–water partition coefficient (Wildman–Crippen LogP) is 0.740. The van der Waals surface area contributed by atoms with Gasteiger partial charge in [-0.2, -0.15) is 0 Å². The highest BCUT2D eigenvalue weighted by molar-refractivity contribution is 6.50. The van der Waals surface area contributed by atoms with E-state index in [2.05, 4.69) is 43.6 Å². The maximum absolute atomic E-state index is 2.46. The van der Waals surface area contributed by atoms with E-state index in [9.17, 15) is 0 Å². The second kappa shape index (κ2) is 4.88. The molecule has 0 bridgehead atoms. The third kappa shape index (κ3) is 2.81. The summed E-state index contributed by atoms with van der Waals surface area (Å²) >= 11 is 0. The summed E-state index contributed by atoms with van der Waals surface area (Å²) in [7, 11) is 3.70. The lowest BCUT2D eigenvalue weighted by molar-refractivity contribution is 0.446. The van der Waals surface area contributed by atoms with Gasteiger partial charge < -0.3 is 9.13 Å². The Labute approximate surface area is 66.6 Å². The van der Waals surface area contributed by atoms with Crippen molar-refractivity contribution in [1.29, 1.82) is 0 Å². The monoisotopic (exact) mass is 160 g/mol. The third-order valence-corrected chi connectivity index (χ3v) is 5.56. The largest absolute Gasteiger partial charge is 0.317 e. The van der Waals surface area contributed by atoms with Gasteiger partial charge in [-0.1, -0.05) is 13.8 Å². The average Bonchev–Trinajstić information content (AvgIpc) is 2.00. The molecule has 62 valence electrons. The van der Waals surface area contributed by atoms with Crippen molar-refractivity contribution in [3.05, 3.63) is 0 Å². The molecule has 0 radical (unpaired) electrons. The summed E-state index contributed by atoms with van der Waals surface area (Å²) in [5.41, 5.74) is 0. The van der Waals surface area contributed by atoms with Gasteiger partial charge in [0.1, 0.15) is 0 Å². The summed E-state index contributed by atoms with van der Waals surface area (Å²) in [5, 5.41) is 0. The zero-order valence-corrected chi connectivity index (χ0v) is 9.04. The molecule has 0 aromatic carbocycles. The van der Waals surface area contributed by atoms with E-state index in [0.29, 0.717) is 0 Å². The van der Waals surface area contributed by atoms with Crippen molar-refractivity contribution < 1.29 is 0 Å². The quantitative estimate of drug-likeness (QED) is 0.560. The maximum atomic E-state index is 2.46. The van der Waals surface area contributed by atoms with Gasteiger partial charge in [0.05, 0.1) is 0 Å². The van der Waals surface area contributed by atoms with Crippen LogP contribution in [0.3, 0.4) is 0 Å². The Morgan fingerprint density at radius 1 is 1.00 bits per heavy atom. The lowest BCUT2D eigenvalue weighted by atomic mass is 10.8. The van der Waals surface area contributed by atoms with Crippen molar-refractivity contribution in [2.75, 3.05) is 27.2 Å². The molecule has 0 amide bonds. The average molecular weight is 160 g/mol. The molecule has 0 spiro atoms. The fourth-order valence-corrected chi connectivity index (χ4v) is 2.59. The Bertz CT molecular complexity index is 77.7. The summed E-state index contributed by atoms with van der Waals surface area (Å²) in [5.74, 6) is 0.